The summed E-state index contributed by atoms with van der Waals surface area (Å²) in [6.07, 6.45) is 0.747. The molecule has 5 heteroatoms. The van der Waals surface area contributed by atoms with Gasteiger partial charge in [0, 0.05) is 5.41 Å². The van der Waals surface area contributed by atoms with E-state index in [1.807, 2.05) is 6.92 Å². The Morgan fingerprint density at radius 2 is 1.86 bits per heavy atom. The Hall–Kier alpha value is -0.840. The van der Waals surface area contributed by atoms with Gasteiger partial charge >= 0.3 is 0 Å². The summed E-state index contributed by atoms with van der Waals surface area (Å²) < 4.78 is 26.4. The van der Waals surface area contributed by atoms with Crippen molar-refractivity contribution >= 4 is 15.9 Å². The van der Waals surface area contributed by atoms with Crippen molar-refractivity contribution in [3.63, 3.8) is 0 Å². The molecule has 0 aromatic rings. The van der Waals surface area contributed by atoms with Gasteiger partial charge in [-0.15, -0.1) is 0 Å². The van der Waals surface area contributed by atoms with Gasteiger partial charge in [-0.25, -0.2) is 12.7 Å². The largest absolute Gasteiger partial charge is 0.273 e. The van der Waals surface area contributed by atoms with Gasteiger partial charge in [-0.2, -0.15) is 0 Å². The minimum atomic E-state index is -3.53. The standard InChI is InChI=1S/C16H27NO3S/c1-10(2)12(4)14(18)17-13-8-11(3)15(5,6)16(13,7)9-21(17,19)20/h11-13H,1,8-9H2,2-7H3. The van der Waals surface area contributed by atoms with Crippen LogP contribution in [-0.4, -0.2) is 30.4 Å². The number of nitrogens with zero attached hydrogens (tertiary/aromatic N) is 1. The van der Waals surface area contributed by atoms with Crippen molar-refractivity contribution < 1.29 is 13.2 Å². The van der Waals surface area contributed by atoms with E-state index in [0.29, 0.717) is 11.5 Å². The number of fused-ring (bicyclic) bond motifs is 1. The molecule has 2 rings (SSSR count). The minimum Gasteiger partial charge on any atom is -0.273 e. The third-order valence-electron chi connectivity index (χ3n) is 6.41. The van der Waals surface area contributed by atoms with Crippen LogP contribution in [-0.2, 0) is 14.8 Å². The molecule has 0 aromatic heterocycles. The molecule has 1 amide bonds. The van der Waals surface area contributed by atoms with E-state index in [2.05, 4.69) is 27.4 Å². The maximum absolute atomic E-state index is 12.7. The van der Waals surface area contributed by atoms with Crippen LogP contribution < -0.4 is 0 Å². The zero-order valence-corrected chi connectivity index (χ0v) is 14.8. The third-order valence-corrected chi connectivity index (χ3v) is 8.41. The Bertz CT molecular complexity index is 593. The molecule has 1 heterocycles. The van der Waals surface area contributed by atoms with Crippen LogP contribution in [0.15, 0.2) is 12.2 Å². The van der Waals surface area contributed by atoms with Crippen LogP contribution in [0.4, 0.5) is 0 Å². The summed E-state index contributed by atoms with van der Waals surface area (Å²) in [5.74, 6) is -0.322. The number of amides is 1. The van der Waals surface area contributed by atoms with E-state index >= 15 is 0 Å². The lowest BCUT2D eigenvalue weighted by molar-refractivity contribution is -0.131. The molecule has 4 nitrogen and oxygen atoms in total. The molecule has 4 unspecified atom stereocenters. The van der Waals surface area contributed by atoms with Crippen LogP contribution in [0, 0.1) is 22.7 Å². The van der Waals surface area contributed by atoms with Gasteiger partial charge in [-0.05, 0) is 31.6 Å². The lowest BCUT2D eigenvalue weighted by Gasteiger charge is -2.39. The monoisotopic (exact) mass is 313 g/mol. The number of hydrogen-bond acceptors (Lipinski definition) is 3. The first-order chi connectivity index (χ1) is 9.36. The number of carbonyl (C=O) groups excluding carboxylic acids is 1. The van der Waals surface area contributed by atoms with Crippen molar-refractivity contribution in [1.82, 2.24) is 4.31 Å². The Morgan fingerprint density at radius 1 is 1.33 bits per heavy atom. The zero-order valence-electron chi connectivity index (χ0n) is 13.9. The van der Waals surface area contributed by atoms with Crippen LogP contribution in [0.2, 0.25) is 0 Å². The summed E-state index contributed by atoms with van der Waals surface area (Å²) in [5.41, 5.74) is 0.219. The highest BCUT2D eigenvalue weighted by Crippen LogP contribution is 2.61. The molecule has 0 spiro atoms. The molecule has 2 aliphatic rings. The van der Waals surface area contributed by atoms with Gasteiger partial charge in [0.1, 0.15) is 0 Å². The number of sulfonamides is 1. The molecule has 21 heavy (non-hydrogen) atoms. The Morgan fingerprint density at radius 3 is 2.33 bits per heavy atom. The average Bonchev–Trinajstić information content (AvgIpc) is 2.63. The van der Waals surface area contributed by atoms with E-state index < -0.39 is 15.9 Å². The molecular weight excluding hydrogens is 286 g/mol. The minimum absolute atomic E-state index is 0.0661. The van der Waals surface area contributed by atoms with E-state index in [0.717, 1.165) is 6.42 Å². The predicted molar refractivity (Wildman–Crippen MR) is 84.1 cm³/mol. The van der Waals surface area contributed by atoms with Gasteiger partial charge in [-0.3, -0.25) is 4.79 Å². The van der Waals surface area contributed by atoms with Crippen molar-refractivity contribution in [3.8, 4) is 0 Å². The van der Waals surface area contributed by atoms with Crippen LogP contribution in [0.3, 0.4) is 0 Å². The fourth-order valence-corrected chi connectivity index (χ4v) is 6.45. The van der Waals surface area contributed by atoms with Crippen LogP contribution in [0.1, 0.15) is 48.0 Å². The summed E-state index contributed by atoms with van der Waals surface area (Å²) in [6.45, 7) is 15.7. The van der Waals surface area contributed by atoms with Crippen molar-refractivity contribution in [2.24, 2.45) is 22.7 Å². The molecule has 1 saturated heterocycles. The molecule has 2 fully saturated rings. The molecule has 0 aromatic carbocycles. The summed E-state index contributed by atoms with van der Waals surface area (Å²) in [6, 6.07) is -0.221. The highest BCUT2D eigenvalue weighted by atomic mass is 32.2. The van der Waals surface area contributed by atoms with Crippen LogP contribution >= 0.6 is 0 Å². The highest BCUT2D eigenvalue weighted by molar-refractivity contribution is 7.90. The van der Waals surface area contributed by atoms with E-state index in [4.69, 9.17) is 0 Å². The SMILES string of the molecule is C=C(C)C(C)C(=O)N1C2CC(C)C(C)(C)C2(C)CS1(=O)=O. The molecule has 0 radical (unpaired) electrons. The lowest BCUT2D eigenvalue weighted by Crippen LogP contribution is -2.45. The molecule has 1 saturated carbocycles. The van der Waals surface area contributed by atoms with Crippen molar-refractivity contribution in [2.75, 3.05) is 5.75 Å². The Labute approximate surface area is 128 Å². The fraction of sp³-hybridized carbons (Fsp3) is 0.812. The molecule has 1 aliphatic carbocycles. The topological polar surface area (TPSA) is 54.5 Å². The third kappa shape index (κ3) is 2.07. The van der Waals surface area contributed by atoms with Gasteiger partial charge in [-0.1, -0.05) is 39.8 Å². The van der Waals surface area contributed by atoms with Gasteiger partial charge < -0.3 is 0 Å². The molecule has 1 aliphatic heterocycles. The van der Waals surface area contributed by atoms with Gasteiger partial charge in [0.2, 0.25) is 15.9 Å². The smallest absolute Gasteiger partial charge is 0.243 e. The maximum Gasteiger partial charge on any atom is 0.243 e. The van der Waals surface area contributed by atoms with Gasteiger partial charge in [0.25, 0.3) is 0 Å². The summed E-state index contributed by atoms with van der Waals surface area (Å²) in [7, 11) is -3.53. The van der Waals surface area contributed by atoms with E-state index in [-0.39, 0.29) is 28.5 Å². The molecular formula is C16H27NO3S. The Kier molecular flexibility index (Phi) is 3.60. The van der Waals surface area contributed by atoms with Crippen LogP contribution in [0.25, 0.3) is 0 Å². The first-order valence-electron chi connectivity index (χ1n) is 7.57. The summed E-state index contributed by atoms with van der Waals surface area (Å²) in [4.78, 5) is 12.7. The second kappa shape index (κ2) is 4.58. The second-order valence-corrected chi connectivity index (χ2v) is 9.60. The number of rotatable bonds is 2. The zero-order chi connectivity index (χ0) is 16.4. The normalized spacial score (nSPS) is 38.1. The van der Waals surface area contributed by atoms with Crippen molar-refractivity contribution in [3.05, 3.63) is 12.2 Å². The quantitative estimate of drug-likeness (QED) is 0.737. The molecule has 4 atom stereocenters. The highest BCUT2D eigenvalue weighted by Gasteiger charge is 2.66. The second-order valence-electron chi connectivity index (χ2n) is 7.75. The predicted octanol–water partition coefficient (Wildman–Crippen LogP) is 2.81. The molecule has 120 valence electrons. The summed E-state index contributed by atoms with van der Waals surface area (Å²) >= 11 is 0. The molecule has 0 bridgehead atoms. The van der Waals surface area contributed by atoms with E-state index in [1.54, 1.807) is 13.8 Å². The fourth-order valence-electron chi connectivity index (χ4n) is 3.85. The maximum atomic E-state index is 12.7. The van der Waals surface area contributed by atoms with E-state index in [1.165, 1.54) is 4.31 Å². The Balaban J connectivity index is 2.49. The van der Waals surface area contributed by atoms with E-state index in [9.17, 15) is 13.2 Å². The van der Waals surface area contributed by atoms with Gasteiger partial charge in [0.15, 0.2) is 0 Å². The van der Waals surface area contributed by atoms with Crippen molar-refractivity contribution in [2.45, 2.75) is 54.0 Å². The average molecular weight is 313 g/mol. The van der Waals surface area contributed by atoms with Crippen LogP contribution in [0.5, 0.6) is 0 Å². The van der Waals surface area contributed by atoms with Gasteiger partial charge in [0.05, 0.1) is 17.7 Å². The molecule has 0 N–H and O–H groups in total. The summed E-state index contributed by atoms with van der Waals surface area (Å²) in [5, 5.41) is 0. The number of hydrogen-bond donors (Lipinski definition) is 0. The lowest BCUT2D eigenvalue weighted by atomic mass is 9.66. The first-order valence-corrected chi connectivity index (χ1v) is 9.18. The van der Waals surface area contributed by atoms with Crippen molar-refractivity contribution in [1.29, 1.82) is 0 Å². The first kappa shape index (κ1) is 16.5. The number of carbonyl (C=O) groups is 1.